The number of fused-ring (bicyclic) bond motifs is 1. The summed E-state index contributed by atoms with van der Waals surface area (Å²) in [7, 11) is 0. The molecule has 1 saturated heterocycles. The monoisotopic (exact) mass is 405 g/mol. The SMILES string of the molecule is Cc1nc2ccccc2n1CCNC(=O)[C@@H]1CCCN(C(=O)Nc2ccccc2)C1. The molecule has 156 valence electrons. The molecule has 3 amide bonds. The first kappa shape index (κ1) is 19.9. The van der Waals surface area contributed by atoms with Gasteiger partial charge < -0.3 is 20.1 Å². The third-order valence-electron chi connectivity index (χ3n) is 5.58. The second-order valence-electron chi connectivity index (χ2n) is 7.67. The van der Waals surface area contributed by atoms with Crippen molar-refractivity contribution in [3.63, 3.8) is 0 Å². The van der Waals surface area contributed by atoms with E-state index in [0.29, 0.717) is 26.2 Å². The fourth-order valence-corrected chi connectivity index (χ4v) is 4.01. The van der Waals surface area contributed by atoms with Gasteiger partial charge in [0.2, 0.25) is 5.91 Å². The molecule has 2 aromatic carbocycles. The number of hydrogen-bond acceptors (Lipinski definition) is 3. The van der Waals surface area contributed by atoms with Gasteiger partial charge in [0.25, 0.3) is 0 Å². The zero-order chi connectivity index (χ0) is 20.9. The van der Waals surface area contributed by atoms with E-state index >= 15 is 0 Å². The highest BCUT2D eigenvalue weighted by molar-refractivity contribution is 5.90. The van der Waals surface area contributed by atoms with Gasteiger partial charge in [-0.05, 0) is 44.0 Å². The maximum atomic E-state index is 12.7. The minimum Gasteiger partial charge on any atom is -0.354 e. The number of aryl methyl sites for hydroxylation is 1. The maximum Gasteiger partial charge on any atom is 0.321 e. The average molecular weight is 406 g/mol. The van der Waals surface area contributed by atoms with Gasteiger partial charge in [-0.25, -0.2) is 9.78 Å². The topological polar surface area (TPSA) is 79.3 Å². The van der Waals surface area contributed by atoms with Crippen LogP contribution < -0.4 is 10.6 Å². The summed E-state index contributed by atoms with van der Waals surface area (Å²) < 4.78 is 2.12. The molecule has 2 heterocycles. The molecule has 0 saturated carbocycles. The van der Waals surface area contributed by atoms with Crippen LogP contribution in [0.2, 0.25) is 0 Å². The summed E-state index contributed by atoms with van der Waals surface area (Å²) >= 11 is 0. The lowest BCUT2D eigenvalue weighted by molar-refractivity contribution is -0.126. The van der Waals surface area contributed by atoms with Gasteiger partial charge in [-0.15, -0.1) is 0 Å². The fourth-order valence-electron chi connectivity index (χ4n) is 4.01. The lowest BCUT2D eigenvalue weighted by Crippen LogP contribution is -2.47. The normalized spacial score (nSPS) is 16.4. The highest BCUT2D eigenvalue weighted by Gasteiger charge is 2.28. The summed E-state index contributed by atoms with van der Waals surface area (Å²) in [4.78, 5) is 31.5. The predicted octanol–water partition coefficient (Wildman–Crippen LogP) is 3.41. The van der Waals surface area contributed by atoms with Crippen LogP contribution in [0.1, 0.15) is 18.7 Å². The Morgan fingerprint density at radius 3 is 2.70 bits per heavy atom. The molecule has 1 atom stereocenters. The Labute approximate surface area is 176 Å². The van der Waals surface area contributed by atoms with E-state index in [4.69, 9.17) is 0 Å². The van der Waals surface area contributed by atoms with Gasteiger partial charge in [0.1, 0.15) is 5.82 Å². The molecule has 0 unspecified atom stereocenters. The third-order valence-corrected chi connectivity index (χ3v) is 5.58. The van der Waals surface area contributed by atoms with Crippen molar-refractivity contribution >= 4 is 28.7 Å². The van der Waals surface area contributed by atoms with Gasteiger partial charge in [-0.1, -0.05) is 30.3 Å². The van der Waals surface area contributed by atoms with Crippen molar-refractivity contribution < 1.29 is 9.59 Å². The minimum atomic E-state index is -0.180. The summed E-state index contributed by atoms with van der Waals surface area (Å²) in [5.74, 6) is 0.766. The number of para-hydroxylation sites is 3. The van der Waals surface area contributed by atoms with Crippen LogP contribution in [0.4, 0.5) is 10.5 Å². The van der Waals surface area contributed by atoms with Crippen LogP contribution in [0.25, 0.3) is 11.0 Å². The first-order valence-electron chi connectivity index (χ1n) is 10.4. The molecule has 1 aliphatic heterocycles. The molecule has 0 radical (unpaired) electrons. The van der Waals surface area contributed by atoms with Crippen LogP contribution in [0, 0.1) is 12.8 Å². The number of benzene rings is 2. The molecule has 0 spiro atoms. The van der Waals surface area contributed by atoms with E-state index in [-0.39, 0.29) is 17.9 Å². The molecule has 7 heteroatoms. The number of carbonyl (C=O) groups excluding carboxylic acids is 2. The molecule has 2 N–H and O–H groups in total. The predicted molar refractivity (Wildman–Crippen MR) is 117 cm³/mol. The van der Waals surface area contributed by atoms with Crippen LogP contribution in [-0.4, -0.2) is 46.0 Å². The zero-order valence-corrected chi connectivity index (χ0v) is 17.2. The molecule has 1 fully saturated rings. The van der Waals surface area contributed by atoms with Crippen LogP contribution in [0.15, 0.2) is 54.6 Å². The molecular formula is C23H27N5O2. The van der Waals surface area contributed by atoms with E-state index in [0.717, 1.165) is 35.4 Å². The van der Waals surface area contributed by atoms with Crippen LogP contribution in [0.5, 0.6) is 0 Å². The van der Waals surface area contributed by atoms with Gasteiger partial charge >= 0.3 is 6.03 Å². The number of nitrogens with zero attached hydrogens (tertiary/aromatic N) is 3. The largest absolute Gasteiger partial charge is 0.354 e. The minimum absolute atomic E-state index is 0.00860. The smallest absolute Gasteiger partial charge is 0.321 e. The Balaban J connectivity index is 1.30. The van der Waals surface area contributed by atoms with E-state index in [9.17, 15) is 9.59 Å². The fraction of sp³-hybridized carbons (Fsp3) is 0.348. The Hall–Kier alpha value is -3.35. The van der Waals surface area contributed by atoms with Crippen LogP contribution >= 0.6 is 0 Å². The Morgan fingerprint density at radius 1 is 1.10 bits per heavy atom. The Kier molecular flexibility index (Phi) is 5.97. The van der Waals surface area contributed by atoms with E-state index in [1.54, 1.807) is 4.90 Å². The third kappa shape index (κ3) is 4.45. The van der Waals surface area contributed by atoms with Crippen molar-refractivity contribution in [2.75, 3.05) is 25.0 Å². The maximum absolute atomic E-state index is 12.7. The quantitative estimate of drug-likeness (QED) is 0.683. The number of imidazole rings is 1. The van der Waals surface area contributed by atoms with E-state index in [1.165, 1.54) is 0 Å². The van der Waals surface area contributed by atoms with Gasteiger partial charge in [-0.2, -0.15) is 0 Å². The van der Waals surface area contributed by atoms with Crippen molar-refractivity contribution in [2.45, 2.75) is 26.3 Å². The number of hydrogen-bond donors (Lipinski definition) is 2. The number of amides is 3. The first-order chi connectivity index (χ1) is 14.6. The molecular weight excluding hydrogens is 378 g/mol. The number of urea groups is 1. The lowest BCUT2D eigenvalue weighted by Gasteiger charge is -2.32. The van der Waals surface area contributed by atoms with Crippen LogP contribution in [0.3, 0.4) is 0 Å². The highest BCUT2D eigenvalue weighted by Crippen LogP contribution is 2.19. The molecule has 4 rings (SSSR count). The summed E-state index contributed by atoms with van der Waals surface area (Å²) in [6.07, 6.45) is 1.62. The molecule has 30 heavy (non-hydrogen) atoms. The number of anilines is 1. The first-order valence-corrected chi connectivity index (χ1v) is 10.4. The number of rotatable bonds is 5. The Bertz CT molecular complexity index is 1030. The molecule has 7 nitrogen and oxygen atoms in total. The van der Waals surface area contributed by atoms with Crippen LogP contribution in [-0.2, 0) is 11.3 Å². The standard InChI is InChI=1S/C23H27N5O2/c1-17-25-20-11-5-6-12-21(20)28(17)15-13-24-22(29)18-8-7-14-27(16-18)23(30)26-19-9-3-2-4-10-19/h2-6,9-12,18H,7-8,13-16H2,1H3,(H,24,29)(H,26,30)/t18-/m1/s1. The second-order valence-corrected chi connectivity index (χ2v) is 7.67. The summed E-state index contributed by atoms with van der Waals surface area (Å²) in [5.41, 5.74) is 2.80. The summed E-state index contributed by atoms with van der Waals surface area (Å²) in [6.45, 7) is 4.29. The van der Waals surface area contributed by atoms with Gasteiger partial charge in [-0.3, -0.25) is 4.79 Å². The van der Waals surface area contributed by atoms with E-state index < -0.39 is 0 Å². The number of carbonyl (C=O) groups is 2. The van der Waals surface area contributed by atoms with Crippen molar-refractivity contribution in [1.29, 1.82) is 0 Å². The van der Waals surface area contributed by atoms with Crippen molar-refractivity contribution in [2.24, 2.45) is 5.92 Å². The van der Waals surface area contributed by atoms with Gasteiger partial charge in [0.05, 0.1) is 17.0 Å². The number of piperidine rings is 1. The van der Waals surface area contributed by atoms with Gasteiger partial charge in [0, 0.05) is 31.9 Å². The van der Waals surface area contributed by atoms with E-state index in [1.807, 2.05) is 61.5 Å². The van der Waals surface area contributed by atoms with Crippen molar-refractivity contribution in [3.05, 3.63) is 60.4 Å². The van der Waals surface area contributed by atoms with E-state index in [2.05, 4.69) is 20.2 Å². The molecule has 0 aliphatic carbocycles. The molecule has 1 aliphatic rings. The zero-order valence-electron chi connectivity index (χ0n) is 17.2. The highest BCUT2D eigenvalue weighted by atomic mass is 16.2. The van der Waals surface area contributed by atoms with Gasteiger partial charge in [0.15, 0.2) is 0 Å². The molecule has 1 aromatic heterocycles. The summed E-state index contributed by atoms with van der Waals surface area (Å²) in [5, 5.41) is 5.95. The lowest BCUT2D eigenvalue weighted by atomic mass is 9.97. The Morgan fingerprint density at radius 2 is 1.87 bits per heavy atom. The van der Waals surface area contributed by atoms with Crippen molar-refractivity contribution in [1.82, 2.24) is 19.8 Å². The number of likely N-dealkylation sites (tertiary alicyclic amines) is 1. The summed E-state index contributed by atoms with van der Waals surface area (Å²) in [6, 6.07) is 17.2. The number of aromatic nitrogens is 2. The van der Waals surface area contributed by atoms with Crippen molar-refractivity contribution in [3.8, 4) is 0 Å². The molecule has 0 bridgehead atoms. The second kappa shape index (κ2) is 8.98. The molecule has 3 aromatic rings. The number of nitrogens with one attached hydrogen (secondary N) is 2. The average Bonchev–Trinajstić information content (AvgIpc) is 3.09.